The zero-order chi connectivity index (χ0) is 19.8. The summed E-state index contributed by atoms with van der Waals surface area (Å²) >= 11 is 0. The van der Waals surface area contributed by atoms with Crippen LogP contribution in [-0.2, 0) is 21.9 Å². The van der Waals surface area contributed by atoms with Crippen LogP contribution in [0.1, 0.15) is 6.92 Å². The number of amides is 1. The molecule has 0 fully saturated rings. The van der Waals surface area contributed by atoms with E-state index in [0.29, 0.717) is 5.52 Å². The molecule has 2 aromatic carbocycles. The second kappa shape index (κ2) is 6.97. The number of aromatic nitrogens is 1. The lowest BCUT2D eigenvalue weighted by Gasteiger charge is -2.14. The number of aryl methyl sites for hydroxylation is 1. The van der Waals surface area contributed by atoms with E-state index in [4.69, 9.17) is 4.42 Å². The van der Waals surface area contributed by atoms with E-state index < -0.39 is 33.5 Å². The molecule has 3 rings (SSSR count). The Labute approximate surface area is 153 Å². The van der Waals surface area contributed by atoms with Crippen LogP contribution in [0.15, 0.2) is 56.6 Å². The zero-order valence-electron chi connectivity index (χ0n) is 14.4. The number of para-hydroxylation sites is 1. The van der Waals surface area contributed by atoms with Gasteiger partial charge in [-0.15, -0.1) is 0 Å². The van der Waals surface area contributed by atoms with Gasteiger partial charge in [-0.1, -0.05) is 12.1 Å². The highest BCUT2D eigenvalue weighted by Crippen LogP contribution is 2.18. The number of oxazole rings is 1. The minimum atomic E-state index is -4.08. The summed E-state index contributed by atoms with van der Waals surface area (Å²) in [6.07, 6.45) is 0. The van der Waals surface area contributed by atoms with Gasteiger partial charge < -0.3 is 9.73 Å². The third-order valence-electron chi connectivity index (χ3n) is 3.93. The summed E-state index contributed by atoms with van der Waals surface area (Å²) in [5, 5.41) is 2.32. The normalized spacial score (nSPS) is 12.9. The van der Waals surface area contributed by atoms with Crippen LogP contribution in [0.4, 0.5) is 10.1 Å². The van der Waals surface area contributed by atoms with Crippen molar-refractivity contribution in [2.24, 2.45) is 7.05 Å². The number of hydrogen-bond donors (Lipinski definition) is 2. The van der Waals surface area contributed by atoms with Crippen molar-refractivity contribution in [3.63, 3.8) is 0 Å². The molecule has 2 N–H and O–H groups in total. The molecule has 0 saturated carbocycles. The van der Waals surface area contributed by atoms with Crippen molar-refractivity contribution in [2.45, 2.75) is 17.9 Å². The molecule has 1 amide bonds. The Kier molecular flexibility index (Phi) is 4.85. The van der Waals surface area contributed by atoms with Gasteiger partial charge in [0.05, 0.1) is 22.1 Å². The first-order chi connectivity index (χ1) is 12.7. The van der Waals surface area contributed by atoms with Crippen LogP contribution in [0, 0.1) is 5.82 Å². The van der Waals surface area contributed by atoms with Crippen LogP contribution in [0.2, 0.25) is 0 Å². The summed E-state index contributed by atoms with van der Waals surface area (Å²) in [5.74, 6) is -1.98. The van der Waals surface area contributed by atoms with Gasteiger partial charge in [-0.05, 0) is 31.2 Å². The Morgan fingerprint density at radius 1 is 1.22 bits per heavy atom. The first-order valence-corrected chi connectivity index (χ1v) is 9.34. The van der Waals surface area contributed by atoms with Gasteiger partial charge in [0.15, 0.2) is 5.58 Å². The largest absolute Gasteiger partial charge is 0.419 e. The Morgan fingerprint density at radius 2 is 1.93 bits per heavy atom. The SMILES string of the molecule is CC(NS(=O)(=O)c1ccc2c(c1)oc(=O)n2C)C(=O)Nc1ccccc1F. The molecule has 0 saturated heterocycles. The van der Waals surface area contributed by atoms with Crippen molar-refractivity contribution < 1.29 is 22.0 Å². The Morgan fingerprint density at radius 3 is 2.63 bits per heavy atom. The number of carbonyl (C=O) groups is 1. The van der Waals surface area contributed by atoms with E-state index in [-0.39, 0.29) is 16.2 Å². The van der Waals surface area contributed by atoms with Crippen molar-refractivity contribution in [2.75, 3.05) is 5.32 Å². The Hall–Kier alpha value is -2.98. The predicted molar refractivity (Wildman–Crippen MR) is 96.3 cm³/mol. The molecule has 0 aliphatic rings. The summed E-state index contributed by atoms with van der Waals surface area (Å²) in [6.45, 7) is 1.33. The Balaban J connectivity index is 1.80. The minimum absolute atomic E-state index is 0.0546. The first kappa shape index (κ1) is 18.8. The van der Waals surface area contributed by atoms with Gasteiger partial charge in [0.1, 0.15) is 5.82 Å². The fraction of sp³-hybridized carbons (Fsp3) is 0.176. The first-order valence-electron chi connectivity index (χ1n) is 7.86. The maximum Gasteiger partial charge on any atom is 0.419 e. The third kappa shape index (κ3) is 3.76. The molecule has 8 nitrogen and oxygen atoms in total. The molecule has 0 radical (unpaired) electrons. The number of carbonyl (C=O) groups excluding carboxylic acids is 1. The number of nitrogens with zero attached hydrogens (tertiary/aromatic N) is 1. The fourth-order valence-electron chi connectivity index (χ4n) is 2.44. The number of fused-ring (bicyclic) bond motifs is 1. The number of rotatable bonds is 5. The van der Waals surface area contributed by atoms with Crippen molar-refractivity contribution in [1.29, 1.82) is 0 Å². The molecular weight excluding hydrogens is 377 g/mol. The van der Waals surface area contributed by atoms with Crippen LogP contribution in [0.3, 0.4) is 0 Å². The highest BCUT2D eigenvalue weighted by molar-refractivity contribution is 7.89. The zero-order valence-corrected chi connectivity index (χ0v) is 15.2. The van der Waals surface area contributed by atoms with Crippen molar-refractivity contribution in [1.82, 2.24) is 9.29 Å². The second-order valence-corrected chi connectivity index (χ2v) is 7.58. The molecule has 0 spiro atoms. The number of halogens is 1. The molecule has 0 aliphatic heterocycles. The summed E-state index contributed by atoms with van der Waals surface area (Å²) in [5.41, 5.74) is 0.485. The molecule has 3 aromatic rings. The monoisotopic (exact) mass is 393 g/mol. The standard InChI is InChI=1S/C17H16FN3O5S/c1-10(16(22)19-13-6-4-3-5-12(13)18)20-27(24,25)11-7-8-14-15(9-11)26-17(23)21(14)2/h3-10,20H,1-2H3,(H,19,22). The minimum Gasteiger partial charge on any atom is -0.408 e. The van der Waals surface area contributed by atoms with E-state index in [2.05, 4.69) is 10.0 Å². The van der Waals surface area contributed by atoms with Crippen LogP contribution in [0.25, 0.3) is 11.1 Å². The van der Waals surface area contributed by atoms with Gasteiger partial charge in [-0.3, -0.25) is 9.36 Å². The molecular formula is C17H16FN3O5S. The number of nitrogens with one attached hydrogen (secondary N) is 2. The van der Waals surface area contributed by atoms with Crippen LogP contribution in [-0.4, -0.2) is 24.9 Å². The van der Waals surface area contributed by atoms with E-state index in [0.717, 1.165) is 0 Å². The number of hydrogen-bond acceptors (Lipinski definition) is 5. The lowest BCUT2D eigenvalue weighted by molar-refractivity contribution is -0.117. The molecule has 1 aromatic heterocycles. The van der Waals surface area contributed by atoms with Gasteiger partial charge in [-0.2, -0.15) is 4.72 Å². The average Bonchev–Trinajstić information content (AvgIpc) is 2.90. The smallest absolute Gasteiger partial charge is 0.408 e. The fourth-order valence-corrected chi connectivity index (χ4v) is 3.66. The molecule has 142 valence electrons. The summed E-state index contributed by atoms with van der Waals surface area (Å²) in [6, 6.07) is 8.28. The molecule has 10 heteroatoms. The van der Waals surface area contributed by atoms with Crippen LogP contribution < -0.4 is 15.8 Å². The van der Waals surface area contributed by atoms with Gasteiger partial charge in [0, 0.05) is 13.1 Å². The maximum absolute atomic E-state index is 13.6. The topological polar surface area (TPSA) is 110 Å². The van der Waals surface area contributed by atoms with Crippen molar-refractivity contribution in [3.8, 4) is 0 Å². The lowest BCUT2D eigenvalue weighted by Crippen LogP contribution is -2.41. The molecule has 0 bridgehead atoms. The highest BCUT2D eigenvalue weighted by Gasteiger charge is 2.23. The quantitative estimate of drug-likeness (QED) is 0.684. The van der Waals surface area contributed by atoms with E-state index in [1.54, 1.807) is 0 Å². The van der Waals surface area contributed by atoms with Gasteiger partial charge >= 0.3 is 5.76 Å². The van der Waals surface area contributed by atoms with Gasteiger partial charge in [-0.25, -0.2) is 17.6 Å². The average molecular weight is 393 g/mol. The van der Waals surface area contributed by atoms with Crippen molar-refractivity contribution >= 4 is 32.7 Å². The Bertz CT molecular complexity index is 1180. The van der Waals surface area contributed by atoms with Crippen molar-refractivity contribution in [3.05, 3.63) is 58.8 Å². The number of benzene rings is 2. The third-order valence-corrected chi connectivity index (χ3v) is 5.47. The number of anilines is 1. The molecule has 0 aliphatic carbocycles. The summed E-state index contributed by atoms with van der Waals surface area (Å²) < 4.78 is 47.1. The van der Waals surface area contributed by atoms with E-state index in [9.17, 15) is 22.4 Å². The number of sulfonamides is 1. The van der Waals surface area contributed by atoms with E-state index in [1.165, 1.54) is 61.0 Å². The summed E-state index contributed by atoms with van der Waals surface area (Å²) in [4.78, 5) is 23.5. The summed E-state index contributed by atoms with van der Waals surface area (Å²) in [7, 11) is -2.58. The molecule has 1 atom stereocenters. The lowest BCUT2D eigenvalue weighted by atomic mass is 10.2. The van der Waals surface area contributed by atoms with Gasteiger partial charge in [0.2, 0.25) is 15.9 Å². The molecule has 27 heavy (non-hydrogen) atoms. The molecule has 1 unspecified atom stereocenters. The van der Waals surface area contributed by atoms with Crippen LogP contribution >= 0.6 is 0 Å². The second-order valence-electron chi connectivity index (χ2n) is 5.87. The van der Waals surface area contributed by atoms with Gasteiger partial charge in [0.25, 0.3) is 0 Å². The van der Waals surface area contributed by atoms with E-state index >= 15 is 0 Å². The molecule has 1 heterocycles. The predicted octanol–water partition coefficient (Wildman–Crippen LogP) is 1.58. The maximum atomic E-state index is 13.6. The van der Waals surface area contributed by atoms with E-state index in [1.807, 2.05) is 0 Å². The highest BCUT2D eigenvalue weighted by atomic mass is 32.2. The van der Waals surface area contributed by atoms with Crippen LogP contribution in [0.5, 0.6) is 0 Å².